The monoisotopic (exact) mass is 389 g/mol. The number of rotatable bonds is 11. The van der Waals surface area contributed by atoms with Crippen LogP contribution in [0.4, 0.5) is 0 Å². The van der Waals surface area contributed by atoms with E-state index in [1.54, 1.807) is 11.6 Å². The molecule has 0 aliphatic heterocycles. The first kappa shape index (κ1) is 23.4. The van der Waals surface area contributed by atoms with Crippen LogP contribution in [0.25, 0.3) is 0 Å². The van der Waals surface area contributed by atoms with Gasteiger partial charge in [-0.2, -0.15) is 0 Å². The van der Waals surface area contributed by atoms with Crippen molar-refractivity contribution < 1.29 is 19.6 Å². The lowest BCUT2D eigenvalue weighted by atomic mass is 9.82. The van der Waals surface area contributed by atoms with Gasteiger partial charge in [0.2, 0.25) is 17.7 Å². The maximum absolute atomic E-state index is 13.0. The number of hydroxylamine groups is 1. The molecule has 3 atom stereocenters. The van der Waals surface area contributed by atoms with Crippen LogP contribution in [0.2, 0.25) is 0 Å². The van der Waals surface area contributed by atoms with E-state index in [-0.39, 0.29) is 18.2 Å². The zero-order chi connectivity index (χ0) is 21.1. The SMILES string of the molecule is C=CC[C@H](C(=O)NO)C(CC(C)C)C(=O)N[C@@H](Cc1ccccc1)C(=O)NC. The zero-order valence-corrected chi connectivity index (χ0v) is 16.8. The predicted octanol–water partition coefficient (Wildman–Crippen LogP) is 1.82. The molecule has 0 aliphatic carbocycles. The Morgan fingerprint density at radius 3 is 2.21 bits per heavy atom. The van der Waals surface area contributed by atoms with Crippen molar-refractivity contribution in [1.29, 1.82) is 0 Å². The Labute approximate surface area is 166 Å². The van der Waals surface area contributed by atoms with Gasteiger partial charge in [-0.1, -0.05) is 50.3 Å². The molecule has 0 aromatic heterocycles. The van der Waals surface area contributed by atoms with Crippen LogP contribution in [0.5, 0.6) is 0 Å². The number of carbonyl (C=O) groups is 3. The maximum atomic E-state index is 13.0. The zero-order valence-electron chi connectivity index (χ0n) is 16.8. The van der Waals surface area contributed by atoms with Crippen molar-refractivity contribution in [2.45, 2.75) is 39.2 Å². The number of benzene rings is 1. The van der Waals surface area contributed by atoms with Crippen LogP contribution in [0.3, 0.4) is 0 Å². The molecule has 1 rings (SSSR count). The lowest BCUT2D eigenvalue weighted by Gasteiger charge is -2.27. The van der Waals surface area contributed by atoms with Crippen molar-refractivity contribution in [1.82, 2.24) is 16.1 Å². The van der Waals surface area contributed by atoms with E-state index < -0.39 is 29.7 Å². The first-order chi connectivity index (χ1) is 13.3. The third-order valence-electron chi connectivity index (χ3n) is 4.58. The second-order valence-electron chi connectivity index (χ2n) is 7.21. The van der Waals surface area contributed by atoms with Crippen LogP contribution < -0.4 is 16.1 Å². The molecule has 0 fully saturated rings. The molecule has 1 unspecified atom stereocenters. The summed E-state index contributed by atoms with van der Waals surface area (Å²) >= 11 is 0. The van der Waals surface area contributed by atoms with E-state index in [0.29, 0.717) is 12.8 Å². The smallest absolute Gasteiger partial charge is 0.247 e. The maximum Gasteiger partial charge on any atom is 0.247 e. The number of allylic oxidation sites excluding steroid dienone is 1. The average molecular weight is 389 g/mol. The number of amides is 3. The molecule has 28 heavy (non-hydrogen) atoms. The fourth-order valence-electron chi connectivity index (χ4n) is 3.19. The third-order valence-corrected chi connectivity index (χ3v) is 4.58. The Morgan fingerprint density at radius 1 is 1.07 bits per heavy atom. The quantitative estimate of drug-likeness (QED) is 0.263. The molecule has 0 spiro atoms. The summed E-state index contributed by atoms with van der Waals surface area (Å²) in [5.41, 5.74) is 2.55. The molecular weight excluding hydrogens is 358 g/mol. The van der Waals surface area contributed by atoms with Gasteiger partial charge in [0.25, 0.3) is 0 Å². The summed E-state index contributed by atoms with van der Waals surface area (Å²) in [5, 5.41) is 14.4. The summed E-state index contributed by atoms with van der Waals surface area (Å²) in [7, 11) is 1.51. The van der Waals surface area contributed by atoms with Gasteiger partial charge in [0.1, 0.15) is 6.04 Å². The summed E-state index contributed by atoms with van der Waals surface area (Å²) in [5.74, 6) is -2.68. The highest BCUT2D eigenvalue weighted by atomic mass is 16.5. The fourth-order valence-corrected chi connectivity index (χ4v) is 3.19. The minimum absolute atomic E-state index is 0.141. The summed E-state index contributed by atoms with van der Waals surface area (Å²) < 4.78 is 0. The largest absolute Gasteiger partial charge is 0.357 e. The molecule has 1 aromatic rings. The Morgan fingerprint density at radius 2 is 1.71 bits per heavy atom. The van der Waals surface area contributed by atoms with Gasteiger partial charge in [0.05, 0.1) is 11.8 Å². The predicted molar refractivity (Wildman–Crippen MR) is 107 cm³/mol. The van der Waals surface area contributed by atoms with E-state index in [1.807, 2.05) is 44.2 Å². The van der Waals surface area contributed by atoms with Crippen LogP contribution in [0.15, 0.2) is 43.0 Å². The molecular formula is C21H31N3O4. The van der Waals surface area contributed by atoms with Gasteiger partial charge >= 0.3 is 0 Å². The summed E-state index contributed by atoms with van der Waals surface area (Å²) in [6.07, 6.45) is 2.55. The van der Waals surface area contributed by atoms with E-state index >= 15 is 0 Å². The second kappa shape index (κ2) is 11.9. The number of carbonyl (C=O) groups excluding carboxylic acids is 3. The Balaban J connectivity index is 3.07. The van der Waals surface area contributed by atoms with Gasteiger partial charge in [-0.25, -0.2) is 5.48 Å². The van der Waals surface area contributed by atoms with Gasteiger partial charge in [-0.15, -0.1) is 6.58 Å². The van der Waals surface area contributed by atoms with Gasteiger partial charge < -0.3 is 10.6 Å². The van der Waals surface area contributed by atoms with Crippen molar-refractivity contribution in [2.24, 2.45) is 17.8 Å². The molecule has 154 valence electrons. The van der Waals surface area contributed by atoms with E-state index in [2.05, 4.69) is 17.2 Å². The minimum Gasteiger partial charge on any atom is -0.357 e. The molecule has 7 heteroatoms. The Bertz CT molecular complexity index is 661. The first-order valence-corrected chi connectivity index (χ1v) is 9.44. The van der Waals surface area contributed by atoms with E-state index in [0.717, 1.165) is 5.56 Å². The lowest BCUT2D eigenvalue weighted by Crippen LogP contribution is -2.51. The highest BCUT2D eigenvalue weighted by Crippen LogP contribution is 2.25. The molecule has 7 nitrogen and oxygen atoms in total. The first-order valence-electron chi connectivity index (χ1n) is 9.44. The molecule has 0 saturated carbocycles. The summed E-state index contributed by atoms with van der Waals surface area (Å²) in [4.78, 5) is 37.5. The van der Waals surface area contributed by atoms with Crippen LogP contribution in [0.1, 0.15) is 32.3 Å². The normalized spacial score (nSPS) is 13.9. The van der Waals surface area contributed by atoms with Gasteiger partial charge in [0, 0.05) is 13.5 Å². The molecule has 0 heterocycles. The minimum atomic E-state index is -0.771. The van der Waals surface area contributed by atoms with Crippen LogP contribution in [0, 0.1) is 17.8 Å². The Kier molecular flexibility index (Phi) is 9.95. The lowest BCUT2D eigenvalue weighted by molar-refractivity contribution is -0.141. The van der Waals surface area contributed by atoms with Crippen molar-refractivity contribution in [2.75, 3.05) is 7.05 Å². The number of nitrogens with one attached hydrogen (secondary N) is 3. The van der Waals surface area contributed by atoms with Crippen molar-refractivity contribution >= 4 is 17.7 Å². The average Bonchev–Trinajstić information content (AvgIpc) is 2.69. The van der Waals surface area contributed by atoms with Crippen molar-refractivity contribution in [3.63, 3.8) is 0 Å². The number of likely N-dealkylation sites (N-methyl/N-ethyl adjacent to an activating group) is 1. The second-order valence-corrected chi connectivity index (χ2v) is 7.21. The van der Waals surface area contributed by atoms with Gasteiger partial charge in [0.15, 0.2) is 0 Å². The van der Waals surface area contributed by atoms with E-state index in [1.165, 1.54) is 7.05 Å². The topological polar surface area (TPSA) is 108 Å². The highest BCUT2D eigenvalue weighted by molar-refractivity contribution is 5.91. The van der Waals surface area contributed by atoms with Crippen LogP contribution >= 0.6 is 0 Å². The molecule has 0 aliphatic rings. The summed E-state index contributed by atoms with van der Waals surface area (Å²) in [6, 6.07) is 8.61. The van der Waals surface area contributed by atoms with E-state index in [9.17, 15) is 14.4 Å². The van der Waals surface area contributed by atoms with Crippen LogP contribution in [-0.4, -0.2) is 36.0 Å². The van der Waals surface area contributed by atoms with Crippen molar-refractivity contribution in [3.05, 3.63) is 48.6 Å². The molecule has 1 aromatic carbocycles. The van der Waals surface area contributed by atoms with Gasteiger partial charge in [-0.3, -0.25) is 19.6 Å². The molecule has 3 amide bonds. The fraction of sp³-hybridized carbons (Fsp3) is 0.476. The molecule has 4 N–H and O–H groups in total. The molecule has 0 radical (unpaired) electrons. The highest BCUT2D eigenvalue weighted by Gasteiger charge is 2.35. The van der Waals surface area contributed by atoms with Crippen LogP contribution in [-0.2, 0) is 20.8 Å². The number of hydrogen-bond acceptors (Lipinski definition) is 4. The van der Waals surface area contributed by atoms with E-state index in [4.69, 9.17) is 5.21 Å². The van der Waals surface area contributed by atoms with Crippen molar-refractivity contribution in [3.8, 4) is 0 Å². The molecule has 0 bridgehead atoms. The number of hydrogen-bond donors (Lipinski definition) is 4. The van der Waals surface area contributed by atoms with Gasteiger partial charge in [-0.05, 0) is 24.3 Å². The molecule has 0 saturated heterocycles. The third kappa shape index (κ3) is 7.15. The standard InChI is InChI=1S/C21H31N3O4/c1-5-9-16(20(26)24-28)17(12-14(2)3)19(25)23-18(21(27)22-4)13-15-10-7-6-8-11-15/h5-8,10-11,14,16-18,28H,1,9,12-13H2,2-4H3,(H,22,27)(H,23,25)(H,24,26)/t16-,17?,18-/m0/s1. The summed E-state index contributed by atoms with van der Waals surface area (Å²) in [6.45, 7) is 7.53. The Hall–Kier alpha value is -2.67.